The average molecular weight is 274 g/mol. The third-order valence-electron chi connectivity index (χ3n) is 3.67. The number of rotatable bonds is 4. The van der Waals surface area contributed by atoms with Gasteiger partial charge >= 0.3 is 0 Å². The lowest BCUT2D eigenvalue weighted by atomic mass is 9.93. The van der Waals surface area contributed by atoms with E-state index in [9.17, 15) is 4.79 Å². The topological polar surface area (TPSA) is 82.4 Å². The lowest BCUT2D eigenvalue weighted by Crippen LogP contribution is -2.49. The molecule has 0 saturated carbocycles. The van der Waals surface area contributed by atoms with E-state index in [2.05, 4.69) is 11.4 Å². The van der Waals surface area contributed by atoms with Crippen molar-refractivity contribution in [1.82, 2.24) is 5.32 Å². The first-order valence-electron chi connectivity index (χ1n) is 6.62. The van der Waals surface area contributed by atoms with Crippen LogP contribution in [0.3, 0.4) is 0 Å². The zero-order valence-electron chi connectivity index (χ0n) is 11.5. The molecule has 1 atom stereocenters. The zero-order valence-corrected chi connectivity index (χ0v) is 11.5. The number of aliphatic hydroxyl groups is 1. The van der Waals surface area contributed by atoms with Crippen LogP contribution < -0.4 is 5.32 Å². The highest BCUT2D eigenvalue weighted by molar-refractivity contribution is 5.96. The second-order valence-electron chi connectivity index (χ2n) is 5.15. The summed E-state index contributed by atoms with van der Waals surface area (Å²) in [6, 6.07) is 7.03. The van der Waals surface area contributed by atoms with E-state index in [1.807, 2.05) is 0 Å². The third kappa shape index (κ3) is 2.98. The van der Waals surface area contributed by atoms with Crippen molar-refractivity contribution in [2.75, 3.05) is 19.8 Å². The van der Waals surface area contributed by atoms with Gasteiger partial charge in [0.05, 0.1) is 23.8 Å². The van der Waals surface area contributed by atoms with Crippen LogP contribution in [0.5, 0.6) is 0 Å². The van der Waals surface area contributed by atoms with Crippen LogP contribution in [0.15, 0.2) is 18.2 Å². The van der Waals surface area contributed by atoms with E-state index in [4.69, 9.17) is 15.1 Å². The number of carbonyl (C=O) groups is 1. The Labute approximate surface area is 118 Å². The first-order valence-corrected chi connectivity index (χ1v) is 6.62. The lowest BCUT2D eigenvalue weighted by Gasteiger charge is -2.28. The summed E-state index contributed by atoms with van der Waals surface area (Å²) in [5.41, 5.74) is 1.37. The van der Waals surface area contributed by atoms with Crippen molar-refractivity contribution in [3.63, 3.8) is 0 Å². The maximum absolute atomic E-state index is 12.4. The van der Waals surface area contributed by atoms with Crippen LogP contribution >= 0.6 is 0 Å². The Hall–Kier alpha value is -1.90. The van der Waals surface area contributed by atoms with E-state index >= 15 is 0 Å². The van der Waals surface area contributed by atoms with Gasteiger partial charge in [0.1, 0.15) is 0 Å². The predicted molar refractivity (Wildman–Crippen MR) is 73.2 cm³/mol. The van der Waals surface area contributed by atoms with Crippen molar-refractivity contribution in [1.29, 1.82) is 5.26 Å². The first-order chi connectivity index (χ1) is 9.60. The highest BCUT2D eigenvalue weighted by Gasteiger charge is 2.36. The number of carbonyl (C=O) groups excluding carboxylic acids is 1. The van der Waals surface area contributed by atoms with Gasteiger partial charge < -0.3 is 15.2 Å². The number of aryl methyl sites for hydroxylation is 1. The molecule has 0 radical (unpaired) electrons. The largest absolute Gasteiger partial charge is 0.396 e. The Balaban J connectivity index is 2.17. The molecule has 5 nitrogen and oxygen atoms in total. The van der Waals surface area contributed by atoms with Crippen molar-refractivity contribution in [2.24, 2.45) is 0 Å². The van der Waals surface area contributed by atoms with E-state index < -0.39 is 5.54 Å². The Morgan fingerprint density at radius 3 is 2.95 bits per heavy atom. The van der Waals surface area contributed by atoms with Gasteiger partial charge in [-0.15, -0.1) is 0 Å². The fourth-order valence-electron chi connectivity index (χ4n) is 2.48. The van der Waals surface area contributed by atoms with Crippen LogP contribution in [0.25, 0.3) is 0 Å². The van der Waals surface area contributed by atoms with Crippen molar-refractivity contribution in [2.45, 2.75) is 25.3 Å². The van der Waals surface area contributed by atoms with Crippen LogP contribution in [-0.2, 0) is 4.74 Å². The SMILES string of the molecule is Cc1cc(C#N)ccc1C(=O)NC1(CCO)CCOC1. The standard InChI is InChI=1S/C15H18N2O3/c1-11-8-12(9-16)2-3-13(11)14(19)17-15(4-6-18)5-7-20-10-15/h2-3,8,18H,4-7,10H2,1H3,(H,17,19). The molecule has 1 saturated heterocycles. The maximum Gasteiger partial charge on any atom is 0.252 e. The summed E-state index contributed by atoms with van der Waals surface area (Å²) in [5.74, 6) is -0.189. The molecule has 1 amide bonds. The summed E-state index contributed by atoms with van der Waals surface area (Å²) < 4.78 is 5.35. The minimum atomic E-state index is -0.480. The van der Waals surface area contributed by atoms with Gasteiger partial charge in [-0.3, -0.25) is 4.79 Å². The van der Waals surface area contributed by atoms with Gasteiger partial charge in [-0.25, -0.2) is 0 Å². The van der Waals surface area contributed by atoms with Crippen molar-refractivity contribution in [3.05, 3.63) is 34.9 Å². The molecule has 1 aromatic carbocycles. The maximum atomic E-state index is 12.4. The van der Waals surface area contributed by atoms with Crippen molar-refractivity contribution in [3.8, 4) is 6.07 Å². The molecule has 5 heteroatoms. The van der Waals surface area contributed by atoms with E-state index in [-0.39, 0.29) is 12.5 Å². The second kappa shape index (κ2) is 6.04. The fourth-order valence-corrected chi connectivity index (χ4v) is 2.48. The molecule has 1 fully saturated rings. The van der Waals surface area contributed by atoms with E-state index in [0.29, 0.717) is 37.2 Å². The van der Waals surface area contributed by atoms with Crippen LogP contribution in [0.2, 0.25) is 0 Å². The van der Waals surface area contributed by atoms with E-state index in [0.717, 1.165) is 5.56 Å². The molecule has 1 aliphatic rings. The normalized spacial score (nSPS) is 21.4. The number of nitrogens with zero attached hydrogens (tertiary/aromatic N) is 1. The predicted octanol–water partition coefficient (Wildman–Crippen LogP) is 1.14. The minimum absolute atomic E-state index is 0.00991. The zero-order chi connectivity index (χ0) is 14.6. The number of nitriles is 1. The summed E-state index contributed by atoms with van der Waals surface area (Å²) in [6.45, 7) is 2.83. The Morgan fingerprint density at radius 2 is 2.40 bits per heavy atom. The molecule has 1 heterocycles. The fraction of sp³-hybridized carbons (Fsp3) is 0.467. The van der Waals surface area contributed by atoms with E-state index in [1.54, 1.807) is 25.1 Å². The lowest BCUT2D eigenvalue weighted by molar-refractivity contribution is 0.0850. The Bertz CT molecular complexity index is 543. The Morgan fingerprint density at radius 1 is 1.60 bits per heavy atom. The van der Waals surface area contributed by atoms with Crippen LogP contribution in [0, 0.1) is 18.3 Å². The van der Waals surface area contributed by atoms with Crippen LogP contribution in [-0.4, -0.2) is 36.4 Å². The summed E-state index contributed by atoms with van der Waals surface area (Å²) in [7, 11) is 0. The Kier molecular flexibility index (Phi) is 4.38. The van der Waals surface area contributed by atoms with Crippen LogP contribution in [0.4, 0.5) is 0 Å². The quantitative estimate of drug-likeness (QED) is 0.862. The molecule has 0 aromatic heterocycles. The molecule has 0 aliphatic carbocycles. The molecular weight excluding hydrogens is 256 g/mol. The van der Waals surface area contributed by atoms with Gasteiger partial charge in [0.2, 0.25) is 0 Å². The van der Waals surface area contributed by atoms with Crippen molar-refractivity contribution >= 4 is 5.91 Å². The summed E-state index contributed by atoms with van der Waals surface area (Å²) in [5, 5.41) is 21.0. The molecule has 0 spiro atoms. The van der Waals surface area contributed by atoms with Crippen LogP contribution in [0.1, 0.15) is 34.3 Å². The third-order valence-corrected chi connectivity index (χ3v) is 3.67. The molecule has 1 aromatic rings. The highest BCUT2D eigenvalue weighted by atomic mass is 16.5. The van der Waals surface area contributed by atoms with Gasteiger partial charge in [-0.05, 0) is 43.5 Å². The smallest absolute Gasteiger partial charge is 0.252 e. The number of hydrogen-bond donors (Lipinski definition) is 2. The average Bonchev–Trinajstić information content (AvgIpc) is 2.87. The van der Waals surface area contributed by atoms with E-state index in [1.165, 1.54) is 0 Å². The molecule has 106 valence electrons. The molecular formula is C15H18N2O3. The molecule has 2 rings (SSSR count). The summed E-state index contributed by atoms with van der Waals surface area (Å²) >= 11 is 0. The van der Waals surface area contributed by atoms with Crippen molar-refractivity contribution < 1.29 is 14.6 Å². The number of amides is 1. The van der Waals surface area contributed by atoms with Gasteiger partial charge in [-0.2, -0.15) is 5.26 Å². The van der Waals surface area contributed by atoms with Gasteiger partial charge in [-0.1, -0.05) is 0 Å². The monoisotopic (exact) mass is 274 g/mol. The molecule has 1 unspecified atom stereocenters. The second-order valence-corrected chi connectivity index (χ2v) is 5.15. The number of benzene rings is 1. The number of aliphatic hydroxyl groups excluding tert-OH is 1. The molecule has 20 heavy (non-hydrogen) atoms. The molecule has 2 N–H and O–H groups in total. The first kappa shape index (κ1) is 14.5. The molecule has 1 aliphatic heterocycles. The highest BCUT2D eigenvalue weighted by Crippen LogP contribution is 2.23. The van der Waals surface area contributed by atoms with Gasteiger partial charge in [0.25, 0.3) is 5.91 Å². The van der Waals surface area contributed by atoms with Gasteiger partial charge in [0, 0.05) is 18.8 Å². The number of hydrogen-bond acceptors (Lipinski definition) is 4. The number of nitrogens with one attached hydrogen (secondary N) is 1. The minimum Gasteiger partial charge on any atom is -0.396 e. The summed E-state index contributed by atoms with van der Waals surface area (Å²) in [6.07, 6.45) is 1.18. The molecule has 0 bridgehead atoms. The summed E-state index contributed by atoms with van der Waals surface area (Å²) in [4.78, 5) is 12.4. The van der Waals surface area contributed by atoms with Gasteiger partial charge in [0.15, 0.2) is 0 Å². The number of ether oxygens (including phenoxy) is 1.